The van der Waals surface area contributed by atoms with Gasteiger partial charge in [0.05, 0.1) is 16.5 Å². The Labute approximate surface area is 459 Å². The smallest absolute Gasteiger partial charge is 0.419 e. The Morgan fingerprint density at radius 2 is 0.671 bits per heavy atom. The largest absolute Gasteiger partial charge is 0.457 e. The Morgan fingerprint density at radius 3 is 1.11 bits per heavy atom. The summed E-state index contributed by atoms with van der Waals surface area (Å²) in [5.41, 5.74) is 17.1. The first-order valence-corrected chi connectivity index (χ1v) is 26.1. The van der Waals surface area contributed by atoms with Crippen LogP contribution in [0.4, 0.5) is 26.3 Å². The van der Waals surface area contributed by atoms with E-state index in [1.807, 2.05) is 88.4 Å². The summed E-state index contributed by atoms with van der Waals surface area (Å²) in [6.45, 7) is 15.4. The minimum absolute atomic E-state index is 0.214. The van der Waals surface area contributed by atoms with Crippen molar-refractivity contribution in [3.8, 4) is 56.4 Å². The maximum Gasteiger partial charge on any atom is 0.419 e. The van der Waals surface area contributed by atoms with Gasteiger partial charge in [0.15, 0.2) is 0 Å². The minimum Gasteiger partial charge on any atom is -0.457 e. The number of fused-ring (bicyclic) bond motifs is 3. The highest BCUT2D eigenvalue weighted by Gasteiger charge is 2.46. The molecule has 8 heteroatoms. The maximum absolute atomic E-state index is 13.3. The van der Waals surface area contributed by atoms with Crippen LogP contribution in [0.2, 0.25) is 0 Å². The average Bonchev–Trinajstić information content (AvgIpc) is 3.74. The Hall–Kier alpha value is -8.62. The van der Waals surface area contributed by atoms with Gasteiger partial charge in [-0.25, -0.2) is 0 Å². The molecule has 0 atom stereocenters. The van der Waals surface area contributed by atoms with Crippen LogP contribution in [0.3, 0.4) is 0 Å². The molecule has 11 rings (SSSR count). The monoisotopic (exact) mass is 1060 g/mol. The lowest BCUT2D eigenvalue weighted by molar-refractivity contribution is -0.139. The van der Waals surface area contributed by atoms with Crippen LogP contribution in [0.5, 0.6) is 23.0 Å². The van der Waals surface area contributed by atoms with Crippen molar-refractivity contribution >= 4 is 0 Å². The van der Waals surface area contributed by atoms with Crippen LogP contribution in [0.25, 0.3) is 33.4 Å². The van der Waals surface area contributed by atoms with Gasteiger partial charge < -0.3 is 9.47 Å². The van der Waals surface area contributed by atoms with E-state index in [0.717, 1.165) is 45.4 Å². The Morgan fingerprint density at radius 1 is 0.304 bits per heavy atom. The summed E-state index contributed by atoms with van der Waals surface area (Å²) in [6, 6.07) is 70.5. The number of benzene rings is 10. The van der Waals surface area contributed by atoms with Gasteiger partial charge in [-0.05, 0) is 171 Å². The average molecular weight is 1060 g/mol. The van der Waals surface area contributed by atoms with Gasteiger partial charge in [0.25, 0.3) is 0 Å². The zero-order chi connectivity index (χ0) is 56.2. The van der Waals surface area contributed by atoms with Crippen LogP contribution >= 0.6 is 0 Å². The number of hydrogen-bond donors (Lipinski definition) is 0. The summed E-state index contributed by atoms with van der Waals surface area (Å²) in [4.78, 5) is 0. The third-order valence-electron chi connectivity index (χ3n) is 14.3. The van der Waals surface area contributed by atoms with Crippen molar-refractivity contribution in [2.75, 3.05) is 0 Å². The number of hydrogen-bond acceptors (Lipinski definition) is 2. The van der Waals surface area contributed by atoms with Crippen LogP contribution < -0.4 is 9.47 Å². The summed E-state index contributed by atoms with van der Waals surface area (Å²) in [5, 5.41) is 0. The summed E-state index contributed by atoms with van der Waals surface area (Å²) in [7, 11) is 0. The fourth-order valence-corrected chi connectivity index (χ4v) is 10.4. The van der Waals surface area contributed by atoms with Gasteiger partial charge in [-0.1, -0.05) is 203 Å². The van der Waals surface area contributed by atoms with Crippen molar-refractivity contribution < 1.29 is 35.8 Å². The quantitative estimate of drug-likeness (QED) is 0.141. The molecule has 0 radical (unpaired) electrons. The second-order valence-electron chi connectivity index (χ2n) is 20.5. The fourth-order valence-electron chi connectivity index (χ4n) is 10.4. The van der Waals surface area contributed by atoms with Crippen LogP contribution in [0.1, 0.15) is 77.9 Å². The predicted octanol–water partition coefficient (Wildman–Crippen LogP) is 20.8. The molecule has 0 heterocycles. The highest BCUT2D eigenvalue weighted by Crippen LogP contribution is 2.56. The molecule has 0 saturated heterocycles. The first kappa shape index (κ1) is 55.1. The number of ether oxygens (including phenoxy) is 2. The Balaban J connectivity index is 0.000000149. The summed E-state index contributed by atoms with van der Waals surface area (Å²) < 4.78 is 90.9. The second kappa shape index (κ2) is 22.8. The summed E-state index contributed by atoms with van der Waals surface area (Å²) >= 11 is 0. The minimum atomic E-state index is -4.48. The lowest BCUT2D eigenvalue weighted by Gasteiger charge is -2.34. The van der Waals surface area contributed by atoms with Gasteiger partial charge in [0.2, 0.25) is 0 Å². The third kappa shape index (κ3) is 12.1. The Bertz CT molecular complexity index is 3670. The van der Waals surface area contributed by atoms with E-state index >= 15 is 0 Å². The number of aryl methyl sites for hydroxylation is 8. The molecule has 10 aromatic carbocycles. The van der Waals surface area contributed by atoms with Crippen LogP contribution in [-0.2, 0) is 17.8 Å². The Kier molecular flexibility index (Phi) is 15.9. The zero-order valence-electron chi connectivity index (χ0n) is 45.4. The molecule has 0 amide bonds. The summed E-state index contributed by atoms with van der Waals surface area (Å²) in [5.74, 6) is 1.66. The lowest BCUT2D eigenvalue weighted by atomic mass is 9.67. The first-order valence-electron chi connectivity index (χ1n) is 26.1. The van der Waals surface area contributed by atoms with E-state index in [4.69, 9.17) is 9.47 Å². The van der Waals surface area contributed by atoms with E-state index in [0.29, 0.717) is 22.4 Å². The predicted molar refractivity (Wildman–Crippen MR) is 308 cm³/mol. The van der Waals surface area contributed by atoms with E-state index in [2.05, 4.69) is 117 Å². The highest BCUT2D eigenvalue weighted by atomic mass is 19.4. The fraction of sp³-hybridized carbons (Fsp3) is 0.155. The highest BCUT2D eigenvalue weighted by molar-refractivity contribution is 5.86. The van der Waals surface area contributed by atoms with Crippen molar-refractivity contribution in [3.05, 3.63) is 296 Å². The van der Waals surface area contributed by atoms with Crippen molar-refractivity contribution in [1.29, 1.82) is 0 Å². The van der Waals surface area contributed by atoms with Crippen molar-refractivity contribution in [2.24, 2.45) is 0 Å². The van der Waals surface area contributed by atoms with E-state index < -0.39 is 23.5 Å². The molecular weight excluding hydrogens is 999 g/mol. The van der Waals surface area contributed by atoms with E-state index in [1.54, 1.807) is 50.2 Å². The molecule has 0 aromatic heterocycles. The molecular formula is C71H60F6O2. The number of alkyl halides is 6. The van der Waals surface area contributed by atoms with Gasteiger partial charge in [0.1, 0.15) is 23.0 Å². The third-order valence-corrected chi connectivity index (χ3v) is 14.3. The molecule has 79 heavy (non-hydrogen) atoms. The van der Waals surface area contributed by atoms with Crippen molar-refractivity contribution in [2.45, 2.75) is 73.2 Å². The topological polar surface area (TPSA) is 18.5 Å². The van der Waals surface area contributed by atoms with Crippen molar-refractivity contribution in [3.63, 3.8) is 0 Å². The molecule has 10 aromatic rings. The lowest BCUT2D eigenvalue weighted by Crippen LogP contribution is -2.28. The standard InChI is InChI=1S/C28H23F3O2.C27H22.C16H15F3/c1-18-4-14-26(20(3)16-18)32-23-10-6-21(7-11-23)22-8-12-24(13-9-22)33-27-15-5-19(2)17-25(27)28(29,30)31;1-19-11-15-21(16-12-19)27(22-17-13-20(2)14-18-22)25-9-5-3-7-23(25)24-8-4-6-10-26(24)27;1-10-4-6-13(12(3)8-10)14-7-5-11(2)9-15(14)16(17,18)19/h4-17H,1-3H3;3-18H,1-2H3;4-9H,1-3H3. The van der Waals surface area contributed by atoms with Gasteiger partial charge >= 0.3 is 12.4 Å². The number of halogens is 6. The molecule has 0 spiro atoms. The molecule has 0 unspecified atom stereocenters. The molecule has 1 aliphatic rings. The molecule has 1 aliphatic carbocycles. The second-order valence-corrected chi connectivity index (χ2v) is 20.5. The summed E-state index contributed by atoms with van der Waals surface area (Å²) in [6.07, 6.45) is -8.82. The molecule has 0 bridgehead atoms. The number of rotatable bonds is 8. The molecule has 0 N–H and O–H groups in total. The van der Waals surface area contributed by atoms with Crippen LogP contribution in [0.15, 0.2) is 218 Å². The molecule has 0 aliphatic heterocycles. The van der Waals surface area contributed by atoms with Gasteiger partial charge in [-0.2, -0.15) is 26.3 Å². The van der Waals surface area contributed by atoms with E-state index in [1.165, 1.54) is 62.2 Å². The van der Waals surface area contributed by atoms with Crippen LogP contribution in [0, 0.1) is 55.4 Å². The SMILES string of the molecule is Cc1ccc(-c2ccc(C)cc2C(F)(F)F)c(C)c1.Cc1ccc(C2(c3ccc(C)cc3)c3ccccc3-c3ccccc32)cc1.Cc1ccc(Oc2ccc(-c3ccc(Oc4ccc(C)cc4C(F)(F)F)cc3)cc2)c(C)c1. The first-order chi connectivity index (χ1) is 37.7. The van der Waals surface area contributed by atoms with Gasteiger partial charge in [-0.3, -0.25) is 0 Å². The molecule has 0 saturated carbocycles. The zero-order valence-corrected chi connectivity index (χ0v) is 45.4. The maximum atomic E-state index is 13.3. The normalized spacial score (nSPS) is 12.3. The van der Waals surface area contributed by atoms with Gasteiger partial charge in [0, 0.05) is 0 Å². The molecule has 0 fully saturated rings. The van der Waals surface area contributed by atoms with E-state index in [9.17, 15) is 26.3 Å². The van der Waals surface area contributed by atoms with Crippen molar-refractivity contribution in [1.82, 2.24) is 0 Å². The van der Waals surface area contributed by atoms with Crippen LogP contribution in [-0.4, -0.2) is 0 Å². The molecule has 398 valence electrons. The van der Waals surface area contributed by atoms with E-state index in [-0.39, 0.29) is 16.7 Å². The van der Waals surface area contributed by atoms with Gasteiger partial charge in [-0.15, -0.1) is 0 Å². The molecule has 2 nitrogen and oxygen atoms in total.